The topological polar surface area (TPSA) is 8.17 Å². The van der Waals surface area contributed by atoms with Crippen molar-refractivity contribution in [3.05, 3.63) is 102 Å². The zero-order valence-corrected chi connectivity index (χ0v) is 20.9. The van der Waals surface area contributed by atoms with Crippen molar-refractivity contribution in [3.8, 4) is 5.69 Å². The smallest absolute Gasteiger partial charge is 0.0541 e. The molecular formula is C33H32N2. The molecule has 2 nitrogen and oxygen atoms in total. The van der Waals surface area contributed by atoms with E-state index in [9.17, 15) is 0 Å². The minimum Gasteiger partial charge on any atom is -0.334 e. The second-order valence-electron chi connectivity index (χ2n) is 11.1. The number of benzene rings is 4. The maximum Gasteiger partial charge on any atom is 0.0541 e. The number of fused-ring (bicyclic) bond motifs is 6. The molecule has 2 atom stereocenters. The highest BCUT2D eigenvalue weighted by molar-refractivity contribution is 6.09. The van der Waals surface area contributed by atoms with Gasteiger partial charge < -0.3 is 9.47 Å². The van der Waals surface area contributed by atoms with Crippen molar-refractivity contribution in [2.24, 2.45) is 0 Å². The first-order valence-electron chi connectivity index (χ1n) is 13.0. The van der Waals surface area contributed by atoms with Crippen LogP contribution in [-0.2, 0) is 5.41 Å². The Morgan fingerprint density at radius 1 is 0.657 bits per heavy atom. The van der Waals surface area contributed by atoms with Crippen LogP contribution in [0, 0.1) is 6.92 Å². The highest BCUT2D eigenvalue weighted by Crippen LogP contribution is 2.60. The molecule has 0 spiro atoms. The second-order valence-corrected chi connectivity index (χ2v) is 11.1. The van der Waals surface area contributed by atoms with Gasteiger partial charge >= 0.3 is 0 Å². The molecule has 174 valence electrons. The van der Waals surface area contributed by atoms with Gasteiger partial charge in [-0.05, 0) is 74.2 Å². The van der Waals surface area contributed by atoms with Crippen LogP contribution in [0.1, 0.15) is 50.7 Å². The SMILES string of the molecule is Cc1cc(N2c3ccccc3C3(C)CCCCC23C)cc(-n2c3ccccc3c3ccccc32)c1. The molecule has 0 bridgehead atoms. The number of hydrogen-bond donors (Lipinski definition) is 0. The largest absolute Gasteiger partial charge is 0.334 e. The lowest BCUT2D eigenvalue weighted by atomic mass is 9.61. The number of aromatic nitrogens is 1. The van der Waals surface area contributed by atoms with E-state index in [2.05, 4.69) is 121 Å². The molecule has 2 aliphatic rings. The van der Waals surface area contributed by atoms with Crippen LogP contribution < -0.4 is 4.90 Å². The molecule has 4 aromatic carbocycles. The molecule has 0 amide bonds. The van der Waals surface area contributed by atoms with Crippen LogP contribution in [0.15, 0.2) is 91.0 Å². The van der Waals surface area contributed by atoms with Gasteiger partial charge in [-0.3, -0.25) is 0 Å². The van der Waals surface area contributed by atoms with Gasteiger partial charge in [0.2, 0.25) is 0 Å². The molecule has 0 N–H and O–H groups in total. The Kier molecular flexibility index (Phi) is 4.31. The van der Waals surface area contributed by atoms with E-state index < -0.39 is 0 Å². The third-order valence-electron chi connectivity index (χ3n) is 9.16. The normalized spacial score (nSPS) is 23.6. The summed E-state index contributed by atoms with van der Waals surface area (Å²) in [4.78, 5) is 2.69. The Morgan fingerprint density at radius 3 is 2.00 bits per heavy atom. The van der Waals surface area contributed by atoms with Gasteiger partial charge in [0.05, 0.1) is 16.6 Å². The lowest BCUT2D eigenvalue weighted by Crippen LogP contribution is -2.54. The Hall–Kier alpha value is -3.52. The Balaban J connectivity index is 1.49. The first-order valence-corrected chi connectivity index (χ1v) is 13.0. The minimum atomic E-state index is 0.0703. The monoisotopic (exact) mass is 456 g/mol. The number of anilines is 2. The average Bonchev–Trinajstić information content (AvgIpc) is 3.31. The fraction of sp³-hybridized carbons (Fsp3) is 0.273. The summed E-state index contributed by atoms with van der Waals surface area (Å²) in [5.41, 5.74) is 9.51. The van der Waals surface area contributed by atoms with Gasteiger partial charge in [-0.15, -0.1) is 0 Å². The summed E-state index contributed by atoms with van der Waals surface area (Å²) in [5, 5.41) is 2.62. The second kappa shape index (κ2) is 7.24. The van der Waals surface area contributed by atoms with Gasteiger partial charge in [0.1, 0.15) is 0 Å². The molecule has 2 unspecified atom stereocenters. The number of aryl methyl sites for hydroxylation is 1. The fourth-order valence-corrected chi connectivity index (χ4v) is 7.30. The van der Waals surface area contributed by atoms with Gasteiger partial charge in [0.15, 0.2) is 0 Å². The Labute approximate surface area is 207 Å². The molecule has 1 fully saturated rings. The average molecular weight is 457 g/mol. The van der Waals surface area contributed by atoms with Crippen LogP contribution in [-0.4, -0.2) is 10.1 Å². The third kappa shape index (κ3) is 2.71. The molecule has 1 aromatic heterocycles. The number of para-hydroxylation sites is 3. The molecule has 2 heteroatoms. The minimum absolute atomic E-state index is 0.0703. The number of nitrogens with zero attached hydrogens (tertiary/aromatic N) is 2. The predicted molar refractivity (Wildman–Crippen MR) is 148 cm³/mol. The van der Waals surface area contributed by atoms with E-state index in [1.54, 1.807) is 0 Å². The van der Waals surface area contributed by atoms with Gasteiger partial charge in [0, 0.05) is 33.2 Å². The molecule has 1 aliphatic heterocycles. The maximum atomic E-state index is 2.69. The molecule has 1 aliphatic carbocycles. The molecule has 1 saturated carbocycles. The lowest BCUT2D eigenvalue weighted by molar-refractivity contribution is 0.195. The summed E-state index contributed by atoms with van der Waals surface area (Å²) < 4.78 is 2.45. The van der Waals surface area contributed by atoms with Crippen molar-refractivity contribution in [1.82, 2.24) is 4.57 Å². The first kappa shape index (κ1) is 20.8. The molecular weight excluding hydrogens is 424 g/mol. The van der Waals surface area contributed by atoms with Crippen LogP contribution in [0.4, 0.5) is 11.4 Å². The van der Waals surface area contributed by atoms with Gasteiger partial charge in [-0.2, -0.15) is 0 Å². The van der Waals surface area contributed by atoms with E-state index in [1.807, 2.05) is 0 Å². The molecule has 35 heavy (non-hydrogen) atoms. The lowest BCUT2D eigenvalue weighted by Gasteiger charge is -2.50. The van der Waals surface area contributed by atoms with E-state index in [0.717, 1.165) is 0 Å². The molecule has 0 radical (unpaired) electrons. The van der Waals surface area contributed by atoms with Crippen LogP contribution >= 0.6 is 0 Å². The summed E-state index contributed by atoms with van der Waals surface area (Å²) in [7, 11) is 0. The van der Waals surface area contributed by atoms with E-state index >= 15 is 0 Å². The van der Waals surface area contributed by atoms with E-state index in [0.29, 0.717) is 0 Å². The van der Waals surface area contributed by atoms with Crippen LogP contribution in [0.2, 0.25) is 0 Å². The van der Waals surface area contributed by atoms with E-state index in [4.69, 9.17) is 0 Å². The quantitative estimate of drug-likeness (QED) is 0.257. The third-order valence-corrected chi connectivity index (χ3v) is 9.16. The van der Waals surface area contributed by atoms with Crippen molar-refractivity contribution >= 4 is 33.2 Å². The molecule has 5 aromatic rings. The first-order chi connectivity index (χ1) is 17.0. The zero-order chi connectivity index (χ0) is 23.8. The summed E-state index contributed by atoms with van der Waals surface area (Å²) in [6.45, 7) is 7.26. The molecule has 7 rings (SSSR count). The van der Waals surface area contributed by atoms with E-state index in [1.165, 1.54) is 75.7 Å². The number of rotatable bonds is 2. The van der Waals surface area contributed by atoms with E-state index in [-0.39, 0.29) is 11.0 Å². The van der Waals surface area contributed by atoms with Crippen LogP contribution in [0.3, 0.4) is 0 Å². The fourth-order valence-electron chi connectivity index (χ4n) is 7.30. The van der Waals surface area contributed by atoms with Crippen molar-refractivity contribution < 1.29 is 0 Å². The van der Waals surface area contributed by atoms with Gasteiger partial charge in [-0.25, -0.2) is 0 Å². The van der Waals surface area contributed by atoms with Gasteiger partial charge in [0.25, 0.3) is 0 Å². The van der Waals surface area contributed by atoms with Crippen molar-refractivity contribution in [3.63, 3.8) is 0 Å². The van der Waals surface area contributed by atoms with Crippen molar-refractivity contribution in [1.29, 1.82) is 0 Å². The highest BCUT2D eigenvalue weighted by Gasteiger charge is 2.57. The standard InChI is InChI=1S/C33H32N2/c1-23-20-24(34-29-15-7-4-12-26(29)27-13-5-8-16-30(27)34)22-25(21-23)35-31-17-9-6-14-28(31)32(2)18-10-11-19-33(32,35)3/h4-9,12-17,20-22H,10-11,18-19H2,1-3H3. The molecule has 2 heterocycles. The summed E-state index contributed by atoms with van der Waals surface area (Å²) in [6.07, 6.45) is 5.08. The van der Waals surface area contributed by atoms with Crippen LogP contribution in [0.5, 0.6) is 0 Å². The molecule has 0 saturated heterocycles. The Morgan fingerprint density at radius 2 is 1.26 bits per heavy atom. The van der Waals surface area contributed by atoms with Crippen molar-refractivity contribution in [2.75, 3.05) is 4.90 Å². The maximum absolute atomic E-state index is 2.69. The Bertz CT molecular complexity index is 1560. The summed E-state index contributed by atoms with van der Waals surface area (Å²) in [6, 6.07) is 33.9. The van der Waals surface area contributed by atoms with Gasteiger partial charge in [-0.1, -0.05) is 74.4 Å². The summed E-state index contributed by atoms with van der Waals surface area (Å²) in [5.74, 6) is 0. The predicted octanol–water partition coefficient (Wildman–Crippen LogP) is 8.83. The zero-order valence-electron chi connectivity index (χ0n) is 20.9. The summed E-state index contributed by atoms with van der Waals surface area (Å²) >= 11 is 0. The van der Waals surface area contributed by atoms with Crippen molar-refractivity contribution in [2.45, 2.75) is 57.4 Å². The van der Waals surface area contributed by atoms with Crippen LogP contribution in [0.25, 0.3) is 27.5 Å². The highest BCUT2D eigenvalue weighted by atomic mass is 15.3. The number of hydrogen-bond acceptors (Lipinski definition) is 1.